The highest BCUT2D eigenvalue weighted by molar-refractivity contribution is 5.79. The first kappa shape index (κ1) is 9.54. The minimum Gasteiger partial charge on any atom is -0.388 e. The van der Waals surface area contributed by atoms with Crippen molar-refractivity contribution in [1.29, 1.82) is 0 Å². The molecule has 1 unspecified atom stereocenters. The number of rotatable bonds is 2. The van der Waals surface area contributed by atoms with Crippen LogP contribution in [0, 0.1) is 18.3 Å². The van der Waals surface area contributed by atoms with E-state index in [-0.39, 0.29) is 11.8 Å². The van der Waals surface area contributed by atoms with Crippen molar-refractivity contribution in [2.75, 3.05) is 13.1 Å². The van der Waals surface area contributed by atoms with Crippen LogP contribution in [0.15, 0.2) is 0 Å². The molecule has 1 saturated heterocycles. The summed E-state index contributed by atoms with van der Waals surface area (Å²) in [6, 6.07) is 0. The van der Waals surface area contributed by atoms with Crippen molar-refractivity contribution in [3.05, 3.63) is 0 Å². The number of nitrogens with zero attached hydrogens (tertiary/aromatic N) is 1. The van der Waals surface area contributed by atoms with Gasteiger partial charge in [0.2, 0.25) is 5.91 Å². The quantitative estimate of drug-likeness (QED) is 0.644. The minimum atomic E-state index is -0.612. The zero-order valence-corrected chi connectivity index (χ0v) is 8.20. The smallest absolute Gasteiger partial charge is 0.224 e. The third kappa shape index (κ3) is 1.62. The van der Waals surface area contributed by atoms with Gasteiger partial charge in [0.1, 0.15) is 0 Å². The number of aliphatic hydroxyl groups is 1. The van der Waals surface area contributed by atoms with E-state index in [1.54, 1.807) is 4.90 Å². The van der Waals surface area contributed by atoms with Crippen molar-refractivity contribution in [2.45, 2.75) is 31.3 Å². The zero-order valence-electron chi connectivity index (χ0n) is 8.20. The largest absolute Gasteiger partial charge is 0.388 e. The van der Waals surface area contributed by atoms with Crippen molar-refractivity contribution in [3.8, 4) is 12.3 Å². The summed E-state index contributed by atoms with van der Waals surface area (Å²) in [7, 11) is 0. The summed E-state index contributed by atoms with van der Waals surface area (Å²) >= 11 is 0. The predicted molar refractivity (Wildman–Crippen MR) is 52.3 cm³/mol. The van der Waals surface area contributed by atoms with Gasteiger partial charge in [0.05, 0.1) is 5.60 Å². The molecular weight excluding hydrogens is 178 g/mol. The van der Waals surface area contributed by atoms with Gasteiger partial charge in [-0.25, -0.2) is 0 Å². The lowest BCUT2D eigenvalue weighted by Gasteiger charge is -2.39. The first-order valence-corrected chi connectivity index (χ1v) is 5.09. The minimum absolute atomic E-state index is 0.0474. The molecule has 3 heteroatoms. The van der Waals surface area contributed by atoms with Crippen LogP contribution in [0.2, 0.25) is 0 Å². The fourth-order valence-corrected chi connectivity index (χ4v) is 2.13. The first-order valence-electron chi connectivity index (χ1n) is 5.09. The highest BCUT2D eigenvalue weighted by Gasteiger charge is 2.40. The van der Waals surface area contributed by atoms with Gasteiger partial charge in [0, 0.05) is 25.4 Å². The van der Waals surface area contributed by atoms with Gasteiger partial charge in [-0.2, -0.15) is 0 Å². The maximum absolute atomic E-state index is 11.5. The molecule has 1 aliphatic carbocycles. The number of carbonyl (C=O) groups is 1. The third-order valence-electron chi connectivity index (χ3n) is 3.22. The van der Waals surface area contributed by atoms with E-state index in [1.165, 1.54) is 0 Å². The Kier molecular flexibility index (Phi) is 2.24. The second kappa shape index (κ2) is 3.29. The lowest BCUT2D eigenvalue weighted by Crippen LogP contribution is -2.48. The number of carbonyl (C=O) groups excluding carboxylic acids is 1. The molecule has 1 amide bonds. The van der Waals surface area contributed by atoms with E-state index in [1.807, 2.05) is 0 Å². The molecule has 0 bridgehead atoms. The van der Waals surface area contributed by atoms with Crippen molar-refractivity contribution < 1.29 is 9.90 Å². The van der Waals surface area contributed by atoms with Crippen LogP contribution in [-0.2, 0) is 4.79 Å². The number of likely N-dealkylation sites (tertiary alicyclic amines) is 1. The van der Waals surface area contributed by atoms with Gasteiger partial charge in [0.15, 0.2) is 0 Å². The molecule has 14 heavy (non-hydrogen) atoms. The Bertz CT molecular complexity index is 288. The molecule has 2 aliphatic rings. The summed E-state index contributed by atoms with van der Waals surface area (Å²) in [6.45, 7) is 1.10. The van der Waals surface area contributed by atoms with Crippen LogP contribution < -0.4 is 0 Å². The molecule has 2 fully saturated rings. The summed E-state index contributed by atoms with van der Waals surface area (Å²) in [5.41, 5.74) is -0.612. The van der Waals surface area contributed by atoms with Crippen molar-refractivity contribution >= 4 is 5.91 Å². The molecular formula is C11H15NO2. The molecule has 1 atom stereocenters. The maximum atomic E-state index is 11.5. The van der Waals surface area contributed by atoms with Crippen molar-refractivity contribution in [2.24, 2.45) is 5.92 Å². The molecule has 0 aromatic carbocycles. The number of terminal acetylenes is 1. The Hall–Kier alpha value is -1.01. The van der Waals surface area contributed by atoms with Gasteiger partial charge in [0.25, 0.3) is 0 Å². The van der Waals surface area contributed by atoms with Gasteiger partial charge in [-0.05, 0) is 19.3 Å². The van der Waals surface area contributed by atoms with Crippen LogP contribution in [0.25, 0.3) is 0 Å². The van der Waals surface area contributed by atoms with Gasteiger partial charge in [-0.15, -0.1) is 12.3 Å². The lowest BCUT2D eigenvalue weighted by atomic mass is 9.80. The summed E-state index contributed by atoms with van der Waals surface area (Å²) in [5, 5.41) is 9.90. The van der Waals surface area contributed by atoms with E-state index in [2.05, 4.69) is 5.92 Å². The average molecular weight is 193 g/mol. The second-order valence-corrected chi connectivity index (χ2v) is 4.42. The molecule has 0 radical (unpaired) electrons. The molecule has 1 saturated carbocycles. The van der Waals surface area contributed by atoms with Crippen LogP contribution in [-0.4, -0.2) is 34.6 Å². The molecule has 1 heterocycles. The van der Waals surface area contributed by atoms with Crippen LogP contribution in [0.1, 0.15) is 25.7 Å². The highest BCUT2D eigenvalue weighted by atomic mass is 16.3. The van der Waals surface area contributed by atoms with Crippen molar-refractivity contribution in [3.63, 3.8) is 0 Å². The van der Waals surface area contributed by atoms with Crippen molar-refractivity contribution in [1.82, 2.24) is 4.90 Å². The van der Waals surface area contributed by atoms with E-state index in [4.69, 9.17) is 6.42 Å². The summed E-state index contributed by atoms with van der Waals surface area (Å²) in [4.78, 5) is 13.2. The molecule has 0 aromatic heterocycles. The van der Waals surface area contributed by atoms with E-state index in [0.717, 1.165) is 19.3 Å². The Labute approximate surface area is 84.1 Å². The molecule has 1 N–H and O–H groups in total. The zero-order chi connectivity index (χ0) is 10.2. The fourth-order valence-electron chi connectivity index (χ4n) is 2.13. The van der Waals surface area contributed by atoms with Crippen LogP contribution in [0.3, 0.4) is 0 Å². The summed E-state index contributed by atoms with van der Waals surface area (Å²) in [5.74, 6) is 2.74. The van der Waals surface area contributed by atoms with E-state index < -0.39 is 5.60 Å². The van der Waals surface area contributed by atoms with Crippen LogP contribution >= 0.6 is 0 Å². The van der Waals surface area contributed by atoms with E-state index in [0.29, 0.717) is 19.5 Å². The maximum Gasteiger partial charge on any atom is 0.224 e. The van der Waals surface area contributed by atoms with Gasteiger partial charge >= 0.3 is 0 Å². The fraction of sp³-hybridized carbons (Fsp3) is 0.727. The molecule has 0 spiro atoms. The summed E-state index contributed by atoms with van der Waals surface area (Å²) < 4.78 is 0. The monoisotopic (exact) mass is 193 g/mol. The molecule has 3 nitrogen and oxygen atoms in total. The Balaban J connectivity index is 1.93. The standard InChI is InChI=1S/C11H15NO2/c1-2-9-6-10(13)12(7-9)8-11(14)4-3-5-11/h1,9,14H,3-8H2. The average Bonchev–Trinajstić information content (AvgIpc) is 2.45. The topological polar surface area (TPSA) is 40.5 Å². The Morgan fingerprint density at radius 2 is 2.36 bits per heavy atom. The van der Waals surface area contributed by atoms with Crippen LogP contribution in [0.4, 0.5) is 0 Å². The lowest BCUT2D eigenvalue weighted by molar-refractivity contribution is -0.133. The molecule has 1 aliphatic heterocycles. The highest BCUT2D eigenvalue weighted by Crippen LogP contribution is 2.33. The van der Waals surface area contributed by atoms with Gasteiger partial charge in [-0.1, -0.05) is 0 Å². The SMILES string of the molecule is C#CC1CC(=O)N(CC2(O)CCC2)C1. The van der Waals surface area contributed by atoms with E-state index >= 15 is 0 Å². The Morgan fingerprint density at radius 1 is 1.64 bits per heavy atom. The van der Waals surface area contributed by atoms with Gasteiger partial charge in [-0.3, -0.25) is 4.79 Å². The first-order chi connectivity index (χ1) is 6.63. The van der Waals surface area contributed by atoms with E-state index in [9.17, 15) is 9.90 Å². The number of amides is 1. The number of β-amino-alcohol motifs (C(OH)–C–C–N with tert-alkyl or cyclic N) is 1. The summed E-state index contributed by atoms with van der Waals surface area (Å²) in [6.07, 6.45) is 8.43. The Morgan fingerprint density at radius 3 is 2.79 bits per heavy atom. The molecule has 2 rings (SSSR count). The molecule has 0 aromatic rings. The normalized spacial score (nSPS) is 29.9. The number of hydrogen-bond donors (Lipinski definition) is 1. The van der Waals surface area contributed by atoms with Gasteiger partial charge < -0.3 is 10.0 Å². The van der Waals surface area contributed by atoms with Crippen LogP contribution in [0.5, 0.6) is 0 Å². The second-order valence-electron chi connectivity index (χ2n) is 4.42. The number of hydrogen-bond acceptors (Lipinski definition) is 2. The third-order valence-corrected chi connectivity index (χ3v) is 3.22. The molecule has 76 valence electrons. The predicted octanol–water partition coefficient (Wildman–Crippen LogP) is 0.383.